The van der Waals surface area contributed by atoms with E-state index in [1.54, 1.807) is 38.1 Å². The number of hydrogen-bond donors (Lipinski definition) is 2. The van der Waals surface area contributed by atoms with Crippen molar-refractivity contribution in [3.63, 3.8) is 0 Å². The topological polar surface area (TPSA) is 93.7 Å². The zero-order valence-corrected chi connectivity index (χ0v) is 16.4. The summed E-state index contributed by atoms with van der Waals surface area (Å²) >= 11 is 0. The normalized spacial score (nSPS) is 12.4. The molecule has 27 heavy (non-hydrogen) atoms. The summed E-state index contributed by atoms with van der Waals surface area (Å²) in [4.78, 5) is 12.5. The standard InChI is InChI=1S/C19H24N2O5S/c1-4-26-18-11-10-16(27(23,24)21-14(2)13-25-3)12-17(18)20-19(22)15-8-6-5-7-9-15/h5-12,14,21H,4,13H2,1-3H3,(H,20,22)/t14-/m1/s1. The molecule has 0 fully saturated rings. The van der Waals surface area contributed by atoms with Crippen LogP contribution in [0.1, 0.15) is 24.2 Å². The van der Waals surface area contributed by atoms with Crippen LogP contribution in [-0.4, -0.2) is 40.7 Å². The molecule has 1 amide bonds. The van der Waals surface area contributed by atoms with E-state index < -0.39 is 16.1 Å². The van der Waals surface area contributed by atoms with E-state index in [0.29, 0.717) is 17.9 Å². The Morgan fingerprint density at radius 1 is 1.15 bits per heavy atom. The Morgan fingerprint density at radius 3 is 2.48 bits per heavy atom. The maximum Gasteiger partial charge on any atom is 0.255 e. The Balaban J connectivity index is 2.32. The minimum atomic E-state index is -3.77. The fourth-order valence-corrected chi connectivity index (χ4v) is 3.71. The summed E-state index contributed by atoms with van der Waals surface area (Å²) in [6.45, 7) is 4.13. The number of hydrogen-bond acceptors (Lipinski definition) is 5. The summed E-state index contributed by atoms with van der Waals surface area (Å²) in [6.07, 6.45) is 0. The predicted molar refractivity (Wildman–Crippen MR) is 104 cm³/mol. The highest BCUT2D eigenvalue weighted by Crippen LogP contribution is 2.28. The van der Waals surface area contributed by atoms with Crippen LogP contribution < -0.4 is 14.8 Å². The van der Waals surface area contributed by atoms with Crippen molar-refractivity contribution >= 4 is 21.6 Å². The Hall–Kier alpha value is -2.42. The van der Waals surface area contributed by atoms with Crippen molar-refractivity contribution < 1.29 is 22.7 Å². The third-order valence-corrected chi connectivity index (χ3v) is 5.21. The van der Waals surface area contributed by atoms with Gasteiger partial charge in [-0.25, -0.2) is 13.1 Å². The van der Waals surface area contributed by atoms with E-state index in [2.05, 4.69) is 10.0 Å². The largest absolute Gasteiger partial charge is 0.492 e. The van der Waals surface area contributed by atoms with Crippen molar-refractivity contribution in [3.8, 4) is 5.75 Å². The first kappa shape index (κ1) is 20.9. The Morgan fingerprint density at radius 2 is 1.85 bits per heavy atom. The molecule has 8 heteroatoms. The van der Waals surface area contributed by atoms with Crippen LogP contribution in [0.15, 0.2) is 53.4 Å². The molecule has 0 aliphatic rings. The van der Waals surface area contributed by atoms with Gasteiger partial charge in [0.1, 0.15) is 5.75 Å². The molecule has 2 rings (SSSR count). The number of nitrogens with one attached hydrogen (secondary N) is 2. The number of anilines is 1. The zero-order valence-electron chi connectivity index (χ0n) is 15.6. The van der Waals surface area contributed by atoms with E-state index in [0.717, 1.165) is 0 Å². The van der Waals surface area contributed by atoms with Gasteiger partial charge >= 0.3 is 0 Å². The number of ether oxygens (including phenoxy) is 2. The van der Waals surface area contributed by atoms with Crippen molar-refractivity contribution in [1.29, 1.82) is 0 Å². The summed E-state index contributed by atoms with van der Waals surface area (Å²) in [6, 6.07) is 12.6. The molecule has 0 radical (unpaired) electrons. The van der Waals surface area contributed by atoms with Gasteiger partial charge in [-0.3, -0.25) is 4.79 Å². The average molecular weight is 392 g/mol. The molecule has 2 aromatic carbocycles. The van der Waals surface area contributed by atoms with E-state index >= 15 is 0 Å². The van der Waals surface area contributed by atoms with Crippen LogP contribution in [0.3, 0.4) is 0 Å². The van der Waals surface area contributed by atoms with Gasteiger partial charge in [0.25, 0.3) is 5.91 Å². The molecule has 0 aliphatic heterocycles. The summed E-state index contributed by atoms with van der Waals surface area (Å²) in [7, 11) is -2.27. The fourth-order valence-electron chi connectivity index (χ4n) is 2.46. The number of amides is 1. The van der Waals surface area contributed by atoms with E-state index in [4.69, 9.17) is 9.47 Å². The van der Waals surface area contributed by atoms with Gasteiger partial charge in [0.05, 0.1) is 23.8 Å². The van der Waals surface area contributed by atoms with Crippen LogP contribution in [-0.2, 0) is 14.8 Å². The lowest BCUT2D eigenvalue weighted by Gasteiger charge is -2.16. The molecule has 2 aromatic rings. The van der Waals surface area contributed by atoms with Crippen LogP contribution in [0.5, 0.6) is 5.75 Å². The number of carbonyl (C=O) groups excluding carboxylic acids is 1. The van der Waals surface area contributed by atoms with E-state index in [1.807, 2.05) is 6.07 Å². The lowest BCUT2D eigenvalue weighted by atomic mass is 10.2. The lowest BCUT2D eigenvalue weighted by Crippen LogP contribution is -2.35. The smallest absolute Gasteiger partial charge is 0.255 e. The van der Waals surface area contributed by atoms with Crippen molar-refractivity contribution in [3.05, 3.63) is 54.1 Å². The van der Waals surface area contributed by atoms with Gasteiger partial charge in [-0.15, -0.1) is 0 Å². The lowest BCUT2D eigenvalue weighted by molar-refractivity contribution is 0.102. The summed E-state index contributed by atoms with van der Waals surface area (Å²) in [5.41, 5.74) is 0.744. The minimum Gasteiger partial charge on any atom is -0.492 e. The van der Waals surface area contributed by atoms with E-state index in [1.165, 1.54) is 25.3 Å². The number of sulfonamides is 1. The third kappa shape index (κ3) is 5.78. The molecular formula is C19H24N2O5S. The minimum absolute atomic E-state index is 0.0252. The number of rotatable bonds is 9. The highest BCUT2D eigenvalue weighted by atomic mass is 32.2. The van der Waals surface area contributed by atoms with Gasteiger partial charge in [0.15, 0.2) is 0 Å². The molecule has 146 valence electrons. The summed E-state index contributed by atoms with van der Waals surface area (Å²) in [5, 5.41) is 2.72. The maximum atomic E-state index is 12.6. The van der Waals surface area contributed by atoms with Gasteiger partial charge in [-0.1, -0.05) is 18.2 Å². The second-order valence-corrected chi connectivity index (χ2v) is 7.60. The molecular weight excluding hydrogens is 368 g/mol. The second-order valence-electron chi connectivity index (χ2n) is 5.89. The molecule has 0 aromatic heterocycles. The van der Waals surface area contributed by atoms with Crippen molar-refractivity contribution in [2.75, 3.05) is 25.6 Å². The molecule has 2 N–H and O–H groups in total. The first-order chi connectivity index (χ1) is 12.9. The second kappa shape index (κ2) is 9.50. The number of carbonyl (C=O) groups is 1. The first-order valence-electron chi connectivity index (χ1n) is 8.52. The Labute approximate surface area is 159 Å². The fraction of sp³-hybridized carbons (Fsp3) is 0.316. The van der Waals surface area contributed by atoms with Crippen molar-refractivity contribution in [1.82, 2.24) is 4.72 Å². The molecule has 0 saturated carbocycles. The quantitative estimate of drug-likeness (QED) is 0.684. The third-order valence-electron chi connectivity index (χ3n) is 3.62. The molecule has 0 aliphatic carbocycles. The van der Waals surface area contributed by atoms with Gasteiger partial charge in [-0.2, -0.15) is 0 Å². The van der Waals surface area contributed by atoms with Crippen molar-refractivity contribution in [2.45, 2.75) is 24.8 Å². The number of methoxy groups -OCH3 is 1. The van der Waals surface area contributed by atoms with Crippen LogP contribution >= 0.6 is 0 Å². The molecule has 0 unspecified atom stereocenters. The van der Waals surface area contributed by atoms with Gasteiger partial charge < -0.3 is 14.8 Å². The van der Waals surface area contributed by atoms with Crippen LogP contribution in [0.25, 0.3) is 0 Å². The monoisotopic (exact) mass is 392 g/mol. The molecule has 7 nitrogen and oxygen atoms in total. The predicted octanol–water partition coefficient (Wildman–Crippen LogP) is 2.65. The van der Waals surface area contributed by atoms with Gasteiger partial charge in [0.2, 0.25) is 10.0 Å². The Bertz CT molecular complexity index is 869. The van der Waals surface area contributed by atoms with Gasteiger partial charge in [-0.05, 0) is 44.2 Å². The molecule has 1 atom stereocenters. The summed E-state index contributed by atoms with van der Waals surface area (Å²) in [5.74, 6) is 0.0393. The molecule has 0 spiro atoms. The highest BCUT2D eigenvalue weighted by Gasteiger charge is 2.20. The van der Waals surface area contributed by atoms with Crippen LogP contribution in [0.2, 0.25) is 0 Å². The first-order valence-corrected chi connectivity index (χ1v) is 10.00. The average Bonchev–Trinajstić information content (AvgIpc) is 2.63. The van der Waals surface area contributed by atoms with Crippen LogP contribution in [0.4, 0.5) is 5.69 Å². The highest BCUT2D eigenvalue weighted by molar-refractivity contribution is 7.89. The maximum absolute atomic E-state index is 12.6. The summed E-state index contributed by atoms with van der Waals surface area (Å²) < 4.78 is 38.1. The zero-order chi connectivity index (χ0) is 19.9. The molecule has 0 saturated heterocycles. The van der Waals surface area contributed by atoms with Crippen molar-refractivity contribution in [2.24, 2.45) is 0 Å². The van der Waals surface area contributed by atoms with E-state index in [9.17, 15) is 13.2 Å². The van der Waals surface area contributed by atoms with Gasteiger partial charge in [0, 0.05) is 18.7 Å². The number of benzene rings is 2. The molecule has 0 bridgehead atoms. The Kier molecular flexibility index (Phi) is 7.35. The van der Waals surface area contributed by atoms with E-state index in [-0.39, 0.29) is 23.1 Å². The van der Waals surface area contributed by atoms with Crippen LogP contribution in [0, 0.1) is 0 Å². The molecule has 0 heterocycles. The SMILES string of the molecule is CCOc1ccc(S(=O)(=O)N[C@H](C)COC)cc1NC(=O)c1ccccc1.